The lowest BCUT2D eigenvalue weighted by Crippen LogP contribution is -2.61. The molecule has 14 heteroatoms. The maximum Gasteiger partial charge on any atom is 0.197 e. The first-order valence-corrected chi connectivity index (χ1v) is 13.1. The third kappa shape index (κ3) is 5.21. The lowest BCUT2D eigenvalue weighted by Gasteiger charge is -2.46. The van der Waals surface area contributed by atoms with Crippen LogP contribution in [0.4, 0.5) is 0 Å². The van der Waals surface area contributed by atoms with Crippen LogP contribution in [0.1, 0.15) is 18.6 Å². The van der Waals surface area contributed by atoms with Gasteiger partial charge in [0.2, 0.25) is 0 Å². The smallest absolute Gasteiger partial charge is 0.197 e. The third-order valence-corrected chi connectivity index (χ3v) is 7.62. The van der Waals surface area contributed by atoms with E-state index in [0.29, 0.717) is 11.3 Å². The van der Waals surface area contributed by atoms with Crippen molar-refractivity contribution in [2.24, 2.45) is 0 Å². The van der Waals surface area contributed by atoms with E-state index in [1.54, 1.807) is 24.3 Å². The Kier molecular flexibility index (Phi) is 8.44. The molecular weight excluding hydrogens is 560 g/mol. The van der Waals surface area contributed by atoms with Gasteiger partial charge >= 0.3 is 0 Å². The van der Waals surface area contributed by atoms with Crippen molar-refractivity contribution < 1.29 is 64.2 Å². The second-order valence-corrected chi connectivity index (χ2v) is 10.3. The topological polar surface area (TPSA) is 229 Å². The number of fused-ring (bicyclic) bond motifs is 1. The van der Waals surface area contributed by atoms with Crippen LogP contribution in [-0.2, 0) is 14.2 Å². The molecule has 42 heavy (non-hydrogen) atoms. The standard InChI is InChI=1S/C28H32O14/c1-10-20(33)22(35)24(37)28(39-10)42-27-23(36)21(34)17(9-29)41-26(27)19-14(31)7-13(30)18-15(32)8-16(40-25(18)19)11-3-5-12(38-2)6-4-11/h3-8,10,17,20-24,26-31,33-37H,9H2,1-2H3. The molecule has 0 bridgehead atoms. The molecule has 228 valence electrons. The van der Waals surface area contributed by atoms with Gasteiger partial charge in [-0.05, 0) is 31.2 Å². The summed E-state index contributed by atoms with van der Waals surface area (Å²) < 4.78 is 28.4. The molecule has 8 N–H and O–H groups in total. The van der Waals surface area contributed by atoms with Crippen molar-refractivity contribution in [2.75, 3.05) is 13.7 Å². The first kappa shape index (κ1) is 30.2. The van der Waals surface area contributed by atoms with E-state index in [2.05, 4.69) is 0 Å². The van der Waals surface area contributed by atoms with E-state index in [-0.39, 0.29) is 22.3 Å². The van der Waals surface area contributed by atoms with Crippen molar-refractivity contribution in [3.8, 4) is 28.6 Å². The van der Waals surface area contributed by atoms with Crippen molar-refractivity contribution in [3.05, 3.63) is 52.2 Å². The van der Waals surface area contributed by atoms with E-state index >= 15 is 0 Å². The zero-order valence-corrected chi connectivity index (χ0v) is 22.5. The molecule has 1 aromatic heterocycles. The molecule has 3 aromatic rings. The van der Waals surface area contributed by atoms with Crippen LogP contribution in [0.5, 0.6) is 17.2 Å². The van der Waals surface area contributed by atoms with Crippen molar-refractivity contribution in [2.45, 2.75) is 68.1 Å². The van der Waals surface area contributed by atoms with Gasteiger partial charge in [-0.25, -0.2) is 0 Å². The van der Waals surface area contributed by atoms with E-state index in [1.165, 1.54) is 14.0 Å². The number of ether oxygens (including phenoxy) is 4. The summed E-state index contributed by atoms with van der Waals surface area (Å²) in [6.45, 7) is 0.635. The average molecular weight is 593 g/mol. The number of phenols is 2. The van der Waals surface area contributed by atoms with Gasteiger partial charge in [-0.15, -0.1) is 0 Å². The highest BCUT2D eigenvalue weighted by Crippen LogP contribution is 2.45. The van der Waals surface area contributed by atoms with E-state index in [4.69, 9.17) is 23.4 Å². The van der Waals surface area contributed by atoms with Gasteiger partial charge < -0.3 is 64.2 Å². The van der Waals surface area contributed by atoms with Crippen LogP contribution in [0.25, 0.3) is 22.3 Å². The third-order valence-electron chi connectivity index (χ3n) is 7.62. The number of phenolic OH excluding ortho intramolecular Hbond substituents is 2. The van der Waals surface area contributed by atoms with Gasteiger partial charge in [0, 0.05) is 17.7 Å². The number of rotatable bonds is 6. The van der Waals surface area contributed by atoms with Crippen LogP contribution in [-0.4, -0.2) is 110 Å². The SMILES string of the molecule is COc1ccc(-c2cc(=O)c3c(O)cc(O)c(C4OC(CO)C(O)C(O)C4OC4OC(C)C(O)C(O)C4O)c3o2)cc1. The summed E-state index contributed by atoms with van der Waals surface area (Å²) in [5.74, 6) is -0.699. The molecule has 0 spiro atoms. The zero-order chi connectivity index (χ0) is 30.5. The van der Waals surface area contributed by atoms with Crippen molar-refractivity contribution in [1.29, 1.82) is 0 Å². The predicted molar refractivity (Wildman–Crippen MR) is 142 cm³/mol. The highest BCUT2D eigenvalue weighted by Gasteiger charge is 2.51. The average Bonchev–Trinajstić information content (AvgIpc) is 2.97. The number of methoxy groups -OCH3 is 1. The second-order valence-electron chi connectivity index (χ2n) is 10.3. The van der Waals surface area contributed by atoms with Crippen molar-refractivity contribution in [3.63, 3.8) is 0 Å². The minimum Gasteiger partial charge on any atom is -0.507 e. The fraction of sp³-hybridized carbons (Fsp3) is 0.464. The van der Waals surface area contributed by atoms with Crippen molar-refractivity contribution in [1.82, 2.24) is 0 Å². The van der Waals surface area contributed by atoms with Gasteiger partial charge in [-0.1, -0.05) is 0 Å². The van der Waals surface area contributed by atoms with Crippen LogP contribution < -0.4 is 10.2 Å². The minimum atomic E-state index is -1.84. The number of aliphatic hydroxyl groups excluding tert-OH is 6. The molecule has 3 heterocycles. The predicted octanol–water partition coefficient (Wildman–Crippen LogP) is -0.754. The summed E-state index contributed by atoms with van der Waals surface area (Å²) in [5.41, 5.74) is -0.891. The van der Waals surface area contributed by atoms with Gasteiger partial charge in [-0.3, -0.25) is 4.79 Å². The Bertz CT molecular complexity index is 1470. The van der Waals surface area contributed by atoms with Gasteiger partial charge in [-0.2, -0.15) is 0 Å². The fourth-order valence-electron chi connectivity index (χ4n) is 5.25. The number of aromatic hydroxyl groups is 2. The quantitative estimate of drug-likeness (QED) is 0.176. The molecule has 5 rings (SSSR count). The number of aliphatic hydroxyl groups is 6. The van der Waals surface area contributed by atoms with Gasteiger partial charge in [0.25, 0.3) is 0 Å². The van der Waals surface area contributed by atoms with E-state index in [0.717, 1.165) is 12.1 Å². The molecule has 0 amide bonds. The molecule has 0 saturated carbocycles. The monoisotopic (exact) mass is 592 g/mol. The Labute approximate surface area is 238 Å². The minimum absolute atomic E-state index is 0.0333. The highest BCUT2D eigenvalue weighted by atomic mass is 16.7. The summed E-state index contributed by atoms with van der Waals surface area (Å²) >= 11 is 0. The molecule has 2 aromatic carbocycles. The molecule has 0 radical (unpaired) electrons. The lowest BCUT2D eigenvalue weighted by atomic mass is 9.89. The summed E-state index contributed by atoms with van der Waals surface area (Å²) in [6.07, 6.45) is -15.9. The second kappa shape index (κ2) is 11.8. The molecule has 2 aliphatic heterocycles. The molecule has 14 nitrogen and oxygen atoms in total. The fourth-order valence-corrected chi connectivity index (χ4v) is 5.25. The molecule has 0 aliphatic carbocycles. The van der Waals surface area contributed by atoms with Gasteiger partial charge in [0.15, 0.2) is 17.3 Å². The summed E-state index contributed by atoms with van der Waals surface area (Å²) in [6, 6.07) is 8.47. The van der Waals surface area contributed by atoms with Crippen LogP contribution in [0.15, 0.2) is 45.6 Å². The van der Waals surface area contributed by atoms with E-state index < -0.39 is 84.8 Å². The molecular formula is C28H32O14. The van der Waals surface area contributed by atoms with Crippen LogP contribution in [0, 0.1) is 0 Å². The summed E-state index contributed by atoms with van der Waals surface area (Å²) in [7, 11) is 1.48. The lowest BCUT2D eigenvalue weighted by molar-refractivity contribution is -0.338. The van der Waals surface area contributed by atoms with Gasteiger partial charge in [0.05, 0.1) is 25.4 Å². The zero-order valence-electron chi connectivity index (χ0n) is 22.5. The summed E-state index contributed by atoms with van der Waals surface area (Å²) in [5, 5.41) is 83.7. The van der Waals surface area contributed by atoms with Crippen molar-refractivity contribution >= 4 is 11.0 Å². The number of hydrogen-bond acceptors (Lipinski definition) is 14. The number of hydrogen-bond donors (Lipinski definition) is 8. The first-order valence-electron chi connectivity index (χ1n) is 13.1. The maximum atomic E-state index is 13.2. The highest BCUT2D eigenvalue weighted by molar-refractivity contribution is 5.89. The van der Waals surface area contributed by atoms with Crippen LogP contribution in [0.2, 0.25) is 0 Å². The normalized spacial score (nSPS) is 33.5. The Balaban J connectivity index is 1.66. The molecule has 10 unspecified atom stereocenters. The molecule has 10 atom stereocenters. The maximum absolute atomic E-state index is 13.2. The van der Waals surface area contributed by atoms with Gasteiger partial charge in [0.1, 0.15) is 77.2 Å². The molecule has 2 aliphatic rings. The van der Waals surface area contributed by atoms with Crippen LogP contribution in [0.3, 0.4) is 0 Å². The largest absolute Gasteiger partial charge is 0.507 e. The Morgan fingerprint density at radius 2 is 1.55 bits per heavy atom. The Hall–Kier alpha value is -3.31. The Morgan fingerprint density at radius 1 is 0.857 bits per heavy atom. The summed E-state index contributed by atoms with van der Waals surface area (Å²) in [4.78, 5) is 13.2. The molecule has 2 saturated heterocycles. The molecule has 2 fully saturated rings. The first-order chi connectivity index (χ1) is 20.0. The van der Waals surface area contributed by atoms with E-state index in [9.17, 15) is 45.6 Å². The number of benzene rings is 2. The Morgan fingerprint density at radius 3 is 2.19 bits per heavy atom. The van der Waals surface area contributed by atoms with Crippen LogP contribution >= 0.6 is 0 Å². The van der Waals surface area contributed by atoms with E-state index in [1.807, 2.05) is 0 Å².